The van der Waals surface area contributed by atoms with Crippen LogP contribution in [0.25, 0.3) is 0 Å². The number of benzene rings is 1. The summed E-state index contributed by atoms with van der Waals surface area (Å²) in [5, 5.41) is 14.0. The number of aliphatic carboxylic acids is 1. The second kappa shape index (κ2) is 6.97. The molecule has 0 saturated carbocycles. The van der Waals surface area contributed by atoms with Crippen molar-refractivity contribution in [2.45, 2.75) is 5.92 Å². The van der Waals surface area contributed by atoms with Gasteiger partial charge in [-0.3, -0.25) is 4.79 Å². The minimum atomic E-state index is -0.988. The number of terminal acetylenes is 1. The number of carbonyl (C=O) groups is 2. The Morgan fingerprint density at radius 3 is 2.50 bits per heavy atom. The standard InChI is InChI=1S/C13H14N2O3/c1-2-8-14-13(18)15-9-11(12(16)17)10-6-4-3-5-7-10/h1,3-7,11H,8-9H2,(H,16,17)(H2,14,15,18). The van der Waals surface area contributed by atoms with Gasteiger partial charge >= 0.3 is 12.0 Å². The van der Waals surface area contributed by atoms with Gasteiger partial charge < -0.3 is 15.7 Å². The zero-order valence-corrected chi connectivity index (χ0v) is 9.72. The maximum absolute atomic E-state index is 11.2. The van der Waals surface area contributed by atoms with Crippen molar-refractivity contribution in [3.05, 3.63) is 35.9 Å². The summed E-state index contributed by atoms with van der Waals surface area (Å²) in [4.78, 5) is 22.4. The first-order valence-electron chi connectivity index (χ1n) is 5.38. The fourth-order valence-electron chi connectivity index (χ4n) is 1.42. The summed E-state index contributed by atoms with van der Waals surface area (Å²) in [6.45, 7) is 0.116. The Hall–Kier alpha value is -2.48. The highest BCUT2D eigenvalue weighted by atomic mass is 16.4. The molecule has 1 atom stereocenters. The van der Waals surface area contributed by atoms with Crippen LogP contribution >= 0.6 is 0 Å². The van der Waals surface area contributed by atoms with Gasteiger partial charge in [-0.1, -0.05) is 36.3 Å². The van der Waals surface area contributed by atoms with Crippen LogP contribution in [0.15, 0.2) is 30.3 Å². The summed E-state index contributed by atoms with van der Waals surface area (Å²) < 4.78 is 0. The molecule has 0 heterocycles. The van der Waals surface area contributed by atoms with Crippen LogP contribution in [0.1, 0.15) is 11.5 Å². The van der Waals surface area contributed by atoms with Crippen LogP contribution in [0.2, 0.25) is 0 Å². The van der Waals surface area contributed by atoms with Crippen LogP contribution in [0.4, 0.5) is 4.79 Å². The number of urea groups is 1. The Balaban J connectivity index is 2.58. The van der Waals surface area contributed by atoms with Crippen molar-refractivity contribution in [3.63, 3.8) is 0 Å². The second-order valence-corrected chi connectivity index (χ2v) is 3.57. The van der Waals surface area contributed by atoms with Gasteiger partial charge in [0, 0.05) is 6.54 Å². The van der Waals surface area contributed by atoms with Gasteiger partial charge in [0.1, 0.15) is 0 Å². The average Bonchev–Trinajstić information content (AvgIpc) is 2.37. The van der Waals surface area contributed by atoms with E-state index in [0.717, 1.165) is 0 Å². The summed E-state index contributed by atoms with van der Waals surface area (Å²) in [5.74, 6) is 0.490. The van der Waals surface area contributed by atoms with E-state index in [1.807, 2.05) is 0 Å². The lowest BCUT2D eigenvalue weighted by Crippen LogP contribution is -2.39. The Bertz CT molecular complexity index is 451. The lowest BCUT2D eigenvalue weighted by Gasteiger charge is -2.13. The highest BCUT2D eigenvalue weighted by molar-refractivity contribution is 5.79. The molecule has 3 N–H and O–H groups in total. The molecule has 0 radical (unpaired) electrons. The molecule has 0 spiro atoms. The second-order valence-electron chi connectivity index (χ2n) is 3.57. The number of rotatable bonds is 5. The Kier molecular flexibility index (Phi) is 5.26. The predicted molar refractivity (Wildman–Crippen MR) is 67.1 cm³/mol. The Morgan fingerprint density at radius 2 is 1.94 bits per heavy atom. The van der Waals surface area contributed by atoms with Gasteiger partial charge in [0.05, 0.1) is 12.5 Å². The summed E-state index contributed by atoms with van der Waals surface area (Å²) in [5.41, 5.74) is 0.641. The molecule has 0 aliphatic heterocycles. The van der Waals surface area contributed by atoms with Crippen molar-refractivity contribution >= 4 is 12.0 Å². The van der Waals surface area contributed by atoms with E-state index >= 15 is 0 Å². The first-order chi connectivity index (χ1) is 8.65. The number of carboxylic acid groups (broad SMARTS) is 1. The van der Waals surface area contributed by atoms with Crippen molar-refractivity contribution in [1.29, 1.82) is 0 Å². The lowest BCUT2D eigenvalue weighted by molar-refractivity contribution is -0.138. The molecule has 1 aromatic rings. The summed E-state index contributed by atoms with van der Waals surface area (Å²) in [6, 6.07) is 8.25. The largest absolute Gasteiger partial charge is 0.481 e. The van der Waals surface area contributed by atoms with Gasteiger partial charge in [-0.25, -0.2) is 4.79 Å². The number of hydrogen-bond acceptors (Lipinski definition) is 2. The topological polar surface area (TPSA) is 78.4 Å². The van der Waals surface area contributed by atoms with Gasteiger partial charge in [0.15, 0.2) is 0 Å². The first-order valence-corrected chi connectivity index (χ1v) is 5.38. The molecule has 0 bridgehead atoms. The number of nitrogens with one attached hydrogen (secondary N) is 2. The molecule has 1 unspecified atom stereocenters. The molecule has 1 aromatic carbocycles. The fourth-order valence-corrected chi connectivity index (χ4v) is 1.42. The molecule has 0 aromatic heterocycles. The maximum atomic E-state index is 11.2. The van der Waals surface area contributed by atoms with E-state index in [4.69, 9.17) is 11.5 Å². The van der Waals surface area contributed by atoms with Crippen LogP contribution in [-0.2, 0) is 4.79 Å². The van der Waals surface area contributed by atoms with Gasteiger partial charge in [-0.15, -0.1) is 6.42 Å². The molecule has 1 rings (SSSR count). The number of carboxylic acids is 1. The third-order valence-corrected chi connectivity index (χ3v) is 2.32. The number of hydrogen-bond donors (Lipinski definition) is 3. The molecule has 5 heteroatoms. The van der Waals surface area contributed by atoms with Gasteiger partial charge in [-0.2, -0.15) is 0 Å². The van der Waals surface area contributed by atoms with Crippen LogP contribution in [0.5, 0.6) is 0 Å². The Labute approximate surface area is 105 Å². The van der Waals surface area contributed by atoms with Crippen molar-refractivity contribution in [1.82, 2.24) is 10.6 Å². The molecular formula is C13H14N2O3. The van der Waals surface area contributed by atoms with E-state index in [0.29, 0.717) is 5.56 Å². The lowest BCUT2D eigenvalue weighted by atomic mass is 9.99. The van der Waals surface area contributed by atoms with E-state index in [-0.39, 0.29) is 13.1 Å². The van der Waals surface area contributed by atoms with E-state index in [1.54, 1.807) is 30.3 Å². The molecule has 0 aliphatic rings. The third-order valence-electron chi connectivity index (χ3n) is 2.32. The zero-order valence-electron chi connectivity index (χ0n) is 9.72. The molecule has 94 valence electrons. The molecule has 2 amide bonds. The Morgan fingerprint density at radius 1 is 1.28 bits per heavy atom. The van der Waals surface area contributed by atoms with Crippen LogP contribution < -0.4 is 10.6 Å². The minimum absolute atomic E-state index is 0.00967. The molecule has 0 saturated heterocycles. The zero-order chi connectivity index (χ0) is 13.4. The highest BCUT2D eigenvalue weighted by Crippen LogP contribution is 2.14. The third kappa shape index (κ3) is 4.18. The van der Waals surface area contributed by atoms with Crippen LogP contribution in [0.3, 0.4) is 0 Å². The van der Waals surface area contributed by atoms with Crippen LogP contribution in [0, 0.1) is 12.3 Å². The summed E-state index contributed by atoms with van der Waals surface area (Å²) in [6.07, 6.45) is 4.99. The van der Waals surface area contributed by atoms with Crippen molar-refractivity contribution in [3.8, 4) is 12.3 Å². The van der Waals surface area contributed by atoms with E-state index in [2.05, 4.69) is 16.6 Å². The molecule has 18 heavy (non-hydrogen) atoms. The monoisotopic (exact) mass is 246 g/mol. The number of carbonyl (C=O) groups excluding carboxylic acids is 1. The quantitative estimate of drug-likeness (QED) is 0.672. The molecule has 5 nitrogen and oxygen atoms in total. The summed E-state index contributed by atoms with van der Waals surface area (Å²) >= 11 is 0. The number of amides is 2. The first kappa shape index (κ1) is 13.6. The normalized spacial score (nSPS) is 11.1. The van der Waals surface area contributed by atoms with Crippen molar-refractivity contribution in [2.75, 3.05) is 13.1 Å². The smallest absolute Gasteiger partial charge is 0.315 e. The minimum Gasteiger partial charge on any atom is -0.481 e. The molecule has 0 aliphatic carbocycles. The van der Waals surface area contributed by atoms with E-state index < -0.39 is 17.9 Å². The van der Waals surface area contributed by atoms with E-state index in [1.165, 1.54) is 0 Å². The SMILES string of the molecule is C#CCNC(=O)NCC(C(=O)O)c1ccccc1. The van der Waals surface area contributed by atoms with Crippen LogP contribution in [-0.4, -0.2) is 30.2 Å². The van der Waals surface area contributed by atoms with E-state index in [9.17, 15) is 9.59 Å². The predicted octanol–water partition coefficient (Wildman–Crippen LogP) is 0.787. The van der Waals surface area contributed by atoms with Gasteiger partial charge in [-0.05, 0) is 5.56 Å². The average molecular weight is 246 g/mol. The highest BCUT2D eigenvalue weighted by Gasteiger charge is 2.19. The maximum Gasteiger partial charge on any atom is 0.315 e. The van der Waals surface area contributed by atoms with Gasteiger partial charge in [0.2, 0.25) is 0 Å². The van der Waals surface area contributed by atoms with Crippen molar-refractivity contribution in [2.24, 2.45) is 0 Å². The molecular weight excluding hydrogens is 232 g/mol. The fraction of sp³-hybridized carbons (Fsp3) is 0.231. The van der Waals surface area contributed by atoms with Crippen molar-refractivity contribution < 1.29 is 14.7 Å². The summed E-state index contributed by atoms with van der Waals surface area (Å²) in [7, 11) is 0. The molecule has 0 fully saturated rings. The van der Waals surface area contributed by atoms with Gasteiger partial charge in [0.25, 0.3) is 0 Å².